The largest absolute Gasteiger partial charge is 0.468 e. The predicted molar refractivity (Wildman–Crippen MR) is 96.2 cm³/mol. The number of fused-ring (bicyclic) bond motifs is 1. The highest BCUT2D eigenvalue weighted by Crippen LogP contribution is 2.51. The zero-order valence-electron chi connectivity index (χ0n) is 14.7. The van der Waals surface area contributed by atoms with Crippen molar-refractivity contribution in [3.8, 4) is 0 Å². The van der Waals surface area contributed by atoms with E-state index >= 15 is 0 Å². The summed E-state index contributed by atoms with van der Waals surface area (Å²) in [5.41, 5.74) is 0.941. The minimum absolute atomic E-state index is 0.0883. The van der Waals surface area contributed by atoms with Crippen LogP contribution in [0.1, 0.15) is 30.1 Å². The Hall–Kier alpha value is -2.53. The molecule has 2 fully saturated rings. The monoisotopic (exact) mass is 350 g/mol. The Morgan fingerprint density at radius 1 is 1.23 bits per heavy atom. The van der Waals surface area contributed by atoms with Crippen LogP contribution < -0.4 is 5.32 Å². The third kappa shape index (κ3) is 2.63. The van der Waals surface area contributed by atoms with Gasteiger partial charge in [0.05, 0.1) is 18.8 Å². The van der Waals surface area contributed by atoms with Gasteiger partial charge in [0.1, 0.15) is 11.3 Å². The predicted octanol–water partition coefficient (Wildman–Crippen LogP) is 2.48. The SMILES string of the molecule is COC(=O)[C@]1(Cc2ccccc2)N[C@H](c2ccccn2)[C@@H]2C(=O)CC[C@@H]21. The Morgan fingerprint density at radius 2 is 2.00 bits per heavy atom. The lowest BCUT2D eigenvalue weighted by Crippen LogP contribution is -2.55. The molecule has 0 amide bonds. The number of carbonyl (C=O) groups excluding carboxylic acids is 2. The molecule has 5 nitrogen and oxygen atoms in total. The van der Waals surface area contributed by atoms with E-state index in [0.717, 1.165) is 11.3 Å². The van der Waals surface area contributed by atoms with Crippen LogP contribution >= 0.6 is 0 Å². The highest BCUT2D eigenvalue weighted by Gasteiger charge is 2.62. The number of pyridine rings is 1. The number of nitrogens with one attached hydrogen (secondary N) is 1. The molecule has 0 radical (unpaired) electrons. The zero-order valence-corrected chi connectivity index (χ0v) is 14.7. The van der Waals surface area contributed by atoms with E-state index in [1.54, 1.807) is 6.20 Å². The van der Waals surface area contributed by atoms with E-state index in [0.29, 0.717) is 19.3 Å². The minimum atomic E-state index is -0.908. The maximum atomic E-state index is 13.0. The lowest BCUT2D eigenvalue weighted by atomic mass is 9.76. The summed E-state index contributed by atoms with van der Waals surface area (Å²) in [4.78, 5) is 30.1. The summed E-state index contributed by atoms with van der Waals surface area (Å²) in [5, 5.41) is 3.49. The first-order valence-corrected chi connectivity index (χ1v) is 8.99. The molecule has 1 aliphatic heterocycles. The van der Waals surface area contributed by atoms with Crippen LogP contribution in [0.25, 0.3) is 0 Å². The molecular weight excluding hydrogens is 328 g/mol. The van der Waals surface area contributed by atoms with Gasteiger partial charge in [-0.2, -0.15) is 0 Å². The maximum Gasteiger partial charge on any atom is 0.326 e. The van der Waals surface area contributed by atoms with E-state index in [4.69, 9.17) is 4.74 Å². The number of aromatic nitrogens is 1. The van der Waals surface area contributed by atoms with Crippen LogP contribution in [0.15, 0.2) is 54.7 Å². The smallest absolute Gasteiger partial charge is 0.326 e. The molecule has 1 N–H and O–H groups in total. The first-order chi connectivity index (χ1) is 12.7. The number of ketones is 1. The first kappa shape index (κ1) is 16.9. The van der Waals surface area contributed by atoms with Gasteiger partial charge in [0.15, 0.2) is 0 Å². The van der Waals surface area contributed by atoms with Gasteiger partial charge in [0.2, 0.25) is 0 Å². The molecule has 0 bridgehead atoms. The van der Waals surface area contributed by atoms with Gasteiger partial charge >= 0.3 is 5.97 Å². The van der Waals surface area contributed by atoms with Gasteiger partial charge in [-0.05, 0) is 24.1 Å². The lowest BCUT2D eigenvalue weighted by molar-refractivity contribution is -0.150. The highest BCUT2D eigenvalue weighted by atomic mass is 16.5. The average Bonchev–Trinajstić information content (AvgIpc) is 3.23. The van der Waals surface area contributed by atoms with E-state index < -0.39 is 5.54 Å². The van der Waals surface area contributed by atoms with Gasteiger partial charge in [-0.1, -0.05) is 36.4 Å². The third-order valence-corrected chi connectivity index (χ3v) is 5.79. The summed E-state index contributed by atoms with van der Waals surface area (Å²) in [5.74, 6) is -0.427. The summed E-state index contributed by atoms with van der Waals surface area (Å²) in [7, 11) is 1.41. The average molecular weight is 350 g/mol. The molecule has 2 aliphatic rings. The Bertz CT molecular complexity index is 809. The van der Waals surface area contributed by atoms with Crippen LogP contribution in [0.2, 0.25) is 0 Å². The topological polar surface area (TPSA) is 68.3 Å². The molecule has 4 atom stereocenters. The number of nitrogens with zero attached hydrogens (tertiary/aromatic N) is 1. The number of benzene rings is 1. The standard InChI is InChI=1S/C21H22N2O3/c1-26-20(25)21(13-14-7-3-2-4-8-14)15-10-11-17(24)18(15)19(23-21)16-9-5-6-12-22-16/h2-9,12,15,18-19,23H,10-11,13H2,1H3/t15-,18-,19+,21+/m0/s1. The Labute approximate surface area is 152 Å². The van der Waals surface area contributed by atoms with Crippen molar-refractivity contribution in [2.75, 3.05) is 7.11 Å². The van der Waals surface area contributed by atoms with Crippen molar-refractivity contribution in [2.24, 2.45) is 11.8 Å². The number of esters is 1. The maximum absolute atomic E-state index is 13.0. The molecule has 2 aromatic rings. The second-order valence-corrected chi connectivity index (χ2v) is 7.14. The van der Waals surface area contributed by atoms with Crippen molar-refractivity contribution < 1.29 is 14.3 Å². The normalized spacial score (nSPS) is 30.2. The van der Waals surface area contributed by atoms with Gasteiger partial charge in [-0.15, -0.1) is 0 Å². The molecular formula is C21H22N2O3. The van der Waals surface area contributed by atoms with E-state index in [-0.39, 0.29) is 29.6 Å². The summed E-state index contributed by atoms with van der Waals surface area (Å²) >= 11 is 0. The van der Waals surface area contributed by atoms with Gasteiger partial charge in [0.25, 0.3) is 0 Å². The van der Waals surface area contributed by atoms with Crippen LogP contribution in [-0.2, 0) is 20.7 Å². The van der Waals surface area contributed by atoms with Crippen molar-refractivity contribution in [1.29, 1.82) is 0 Å². The van der Waals surface area contributed by atoms with E-state index in [2.05, 4.69) is 10.3 Å². The fourth-order valence-electron chi connectivity index (χ4n) is 4.70. The second-order valence-electron chi connectivity index (χ2n) is 7.14. The molecule has 2 heterocycles. The summed E-state index contributed by atoms with van der Waals surface area (Å²) in [6.07, 6.45) is 3.43. The van der Waals surface area contributed by atoms with Crippen LogP contribution in [0.4, 0.5) is 0 Å². The van der Waals surface area contributed by atoms with Gasteiger partial charge in [-0.3, -0.25) is 19.9 Å². The molecule has 0 unspecified atom stereocenters. The fraction of sp³-hybridized carbons (Fsp3) is 0.381. The molecule has 1 aromatic carbocycles. The number of carbonyl (C=O) groups is 2. The Balaban J connectivity index is 1.78. The number of methoxy groups -OCH3 is 1. The van der Waals surface area contributed by atoms with Gasteiger partial charge in [-0.25, -0.2) is 0 Å². The molecule has 4 rings (SSSR count). The van der Waals surface area contributed by atoms with Crippen LogP contribution in [-0.4, -0.2) is 29.4 Å². The van der Waals surface area contributed by atoms with E-state index in [1.807, 2.05) is 48.5 Å². The van der Waals surface area contributed by atoms with Crippen LogP contribution in [0, 0.1) is 11.8 Å². The van der Waals surface area contributed by atoms with Crippen molar-refractivity contribution in [3.05, 3.63) is 66.0 Å². The van der Waals surface area contributed by atoms with E-state index in [9.17, 15) is 9.59 Å². The van der Waals surface area contributed by atoms with Crippen molar-refractivity contribution in [1.82, 2.24) is 10.3 Å². The Kier molecular flexibility index (Phi) is 4.32. The quantitative estimate of drug-likeness (QED) is 0.858. The first-order valence-electron chi connectivity index (χ1n) is 8.99. The van der Waals surface area contributed by atoms with Crippen LogP contribution in [0.3, 0.4) is 0 Å². The number of hydrogen-bond donors (Lipinski definition) is 1. The number of rotatable bonds is 4. The minimum Gasteiger partial charge on any atom is -0.468 e. The van der Waals surface area contributed by atoms with Gasteiger partial charge < -0.3 is 4.74 Å². The van der Waals surface area contributed by atoms with E-state index in [1.165, 1.54) is 7.11 Å². The molecule has 1 aromatic heterocycles. The van der Waals surface area contributed by atoms with Crippen molar-refractivity contribution in [3.63, 3.8) is 0 Å². The molecule has 1 saturated carbocycles. The fourth-order valence-corrected chi connectivity index (χ4v) is 4.70. The van der Waals surface area contributed by atoms with Crippen LogP contribution in [0.5, 0.6) is 0 Å². The number of ether oxygens (including phenoxy) is 1. The summed E-state index contributed by atoms with van der Waals surface area (Å²) in [6.45, 7) is 0. The molecule has 26 heavy (non-hydrogen) atoms. The molecule has 5 heteroatoms. The molecule has 1 aliphatic carbocycles. The molecule has 134 valence electrons. The Morgan fingerprint density at radius 3 is 2.69 bits per heavy atom. The third-order valence-electron chi connectivity index (χ3n) is 5.79. The lowest BCUT2D eigenvalue weighted by Gasteiger charge is -2.32. The zero-order chi connectivity index (χ0) is 18.1. The second kappa shape index (κ2) is 6.65. The number of hydrogen-bond acceptors (Lipinski definition) is 5. The van der Waals surface area contributed by atoms with Crippen molar-refractivity contribution >= 4 is 11.8 Å². The van der Waals surface area contributed by atoms with Gasteiger partial charge in [0, 0.05) is 30.9 Å². The highest BCUT2D eigenvalue weighted by molar-refractivity contribution is 5.90. The molecule has 1 saturated heterocycles. The summed E-state index contributed by atoms with van der Waals surface area (Å²) in [6, 6.07) is 15.3. The van der Waals surface area contributed by atoms with Crippen molar-refractivity contribution in [2.45, 2.75) is 30.8 Å². The summed E-state index contributed by atoms with van der Waals surface area (Å²) < 4.78 is 5.20. The molecule has 0 spiro atoms. The number of Topliss-reactive ketones (excluding diaryl/α,β-unsaturated/α-hetero) is 1.